The zero-order valence-corrected chi connectivity index (χ0v) is 24.0. The molecular weight excluding hydrogens is 554 g/mol. The second kappa shape index (κ2) is 12.2. The fraction of sp³-hybridized carbons (Fsp3) is 0.379. The number of thioether (sulfide) groups is 1. The fourth-order valence-electron chi connectivity index (χ4n) is 5.14. The molecule has 0 fully saturated rings. The van der Waals surface area contributed by atoms with Gasteiger partial charge in [-0.15, -0.1) is 0 Å². The maximum atomic E-state index is 13.8. The minimum Gasteiger partial charge on any atom is -0.496 e. The number of allylic oxidation sites excluding steroid dienone is 3. The van der Waals surface area contributed by atoms with Gasteiger partial charge < -0.3 is 19.5 Å². The van der Waals surface area contributed by atoms with Crippen LogP contribution in [0.4, 0.5) is 0 Å². The van der Waals surface area contributed by atoms with Crippen LogP contribution in [0.2, 0.25) is 0 Å². The summed E-state index contributed by atoms with van der Waals surface area (Å²) in [5, 5.41) is 3.41. The van der Waals surface area contributed by atoms with E-state index in [1.807, 2.05) is 49.4 Å². The maximum absolute atomic E-state index is 13.8. The van der Waals surface area contributed by atoms with Crippen molar-refractivity contribution in [2.24, 2.45) is 0 Å². The summed E-state index contributed by atoms with van der Waals surface area (Å²) in [6.07, 6.45) is 0.977. The third-order valence-corrected chi connectivity index (χ3v) is 8.28. The van der Waals surface area contributed by atoms with Crippen LogP contribution in [0.25, 0.3) is 0 Å². The third kappa shape index (κ3) is 5.75. The fourth-order valence-corrected chi connectivity index (χ4v) is 6.19. The molecule has 2 aromatic rings. The second-order valence-electron chi connectivity index (χ2n) is 8.99. The maximum Gasteiger partial charge on any atom is 0.336 e. The predicted octanol–water partition coefficient (Wildman–Crippen LogP) is 6.12. The molecule has 0 spiro atoms. The molecule has 0 saturated heterocycles. The number of carbonyl (C=O) groups excluding carboxylic acids is 2. The van der Waals surface area contributed by atoms with Gasteiger partial charge in [-0.25, -0.2) is 4.79 Å². The molecular formula is C29H32BrNO5S. The number of hydrogen-bond donors (Lipinski definition) is 1. The Bertz CT molecular complexity index is 1250. The molecule has 196 valence electrons. The lowest BCUT2D eigenvalue weighted by Crippen LogP contribution is -2.36. The van der Waals surface area contributed by atoms with Crippen LogP contribution < -0.4 is 14.8 Å². The number of nitrogens with one attached hydrogen (secondary N) is 1. The van der Waals surface area contributed by atoms with Crippen LogP contribution in [0.1, 0.15) is 49.7 Å². The molecule has 0 amide bonds. The highest BCUT2D eigenvalue weighted by molar-refractivity contribution is 9.10. The highest BCUT2D eigenvalue weighted by atomic mass is 79.9. The van der Waals surface area contributed by atoms with Crippen molar-refractivity contribution in [3.63, 3.8) is 0 Å². The zero-order valence-electron chi connectivity index (χ0n) is 21.6. The first-order chi connectivity index (χ1) is 17.9. The Balaban J connectivity index is 1.76. The number of ether oxygens (including phenoxy) is 3. The minimum absolute atomic E-state index is 0.0148. The molecule has 2 aromatic carbocycles. The minimum atomic E-state index is -0.532. The van der Waals surface area contributed by atoms with Crippen molar-refractivity contribution in [1.82, 2.24) is 5.32 Å². The van der Waals surface area contributed by atoms with Crippen LogP contribution >= 0.6 is 27.7 Å². The van der Waals surface area contributed by atoms with Crippen molar-refractivity contribution >= 4 is 39.4 Å². The van der Waals surface area contributed by atoms with E-state index in [0.29, 0.717) is 42.0 Å². The number of methoxy groups -OCH3 is 2. The lowest BCUT2D eigenvalue weighted by molar-refractivity contribution is -0.138. The molecule has 2 atom stereocenters. The summed E-state index contributed by atoms with van der Waals surface area (Å²) in [7, 11) is 3.25. The van der Waals surface area contributed by atoms with Crippen molar-refractivity contribution in [1.29, 1.82) is 0 Å². The molecule has 1 N–H and O–H groups in total. The number of benzene rings is 2. The van der Waals surface area contributed by atoms with Gasteiger partial charge >= 0.3 is 5.97 Å². The van der Waals surface area contributed by atoms with E-state index in [9.17, 15) is 9.59 Å². The van der Waals surface area contributed by atoms with E-state index < -0.39 is 11.9 Å². The standard InChI is InChI=1S/C29H32BrNO5S/c1-5-37-13-12-36-29(33)26-17(2)31-22-15-19(20-8-6-7-9-24(20)34-3)16-23(32)28(22)27(26)18-10-11-25(35-4)21(30)14-18/h6-11,14,19,27,31H,5,12-13,15-16H2,1-4H3. The molecule has 2 aliphatic rings. The Morgan fingerprint density at radius 2 is 1.86 bits per heavy atom. The number of carbonyl (C=O) groups is 2. The largest absolute Gasteiger partial charge is 0.496 e. The summed E-state index contributed by atoms with van der Waals surface area (Å²) in [5.41, 5.74) is 4.50. The third-order valence-electron chi connectivity index (χ3n) is 6.80. The van der Waals surface area contributed by atoms with Crippen LogP contribution in [0.3, 0.4) is 0 Å². The predicted molar refractivity (Wildman–Crippen MR) is 150 cm³/mol. The monoisotopic (exact) mass is 585 g/mol. The van der Waals surface area contributed by atoms with Crippen LogP contribution in [-0.4, -0.2) is 44.1 Å². The Hall–Kier alpha value is -2.71. The molecule has 0 aromatic heterocycles. The number of para-hydroxylation sites is 1. The number of halogens is 1. The zero-order chi connectivity index (χ0) is 26.5. The van der Waals surface area contributed by atoms with Crippen LogP contribution in [0.15, 0.2) is 69.5 Å². The molecule has 0 bridgehead atoms. The number of ketones is 1. The van der Waals surface area contributed by atoms with Gasteiger partial charge in [-0.3, -0.25) is 4.79 Å². The first-order valence-electron chi connectivity index (χ1n) is 12.3. The molecule has 1 aliphatic heterocycles. The van der Waals surface area contributed by atoms with E-state index in [1.54, 1.807) is 26.0 Å². The normalized spacial score (nSPS) is 19.3. The molecule has 0 saturated carbocycles. The number of dihydropyridines is 1. The lowest BCUT2D eigenvalue weighted by Gasteiger charge is -2.37. The summed E-state index contributed by atoms with van der Waals surface area (Å²) in [5.74, 6) is 2.21. The molecule has 6 nitrogen and oxygen atoms in total. The Morgan fingerprint density at radius 3 is 2.57 bits per heavy atom. The van der Waals surface area contributed by atoms with Crippen molar-refractivity contribution < 1.29 is 23.8 Å². The van der Waals surface area contributed by atoms with Gasteiger partial charge in [0, 0.05) is 41.0 Å². The van der Waals surface area contributed by atoms with Gasteiger partial charge in [0.15, 0.2) is 5.78 Å². The van der Waals surface area contributed by atoms with E-state index in [2.05, 4.69) is 28.2 Å². The summed E-state index contributed by atoms with van der Waals surface area (Å²) in [6.45, 7) is 4.27. The number of Topliss-reactive ketones (excluding diaryl/α,β-unsaturated/α-hetero) is 1. The topological polar surface area (TPSA) is 73.9 Å². The van der Waals surface area contributed by atoms with Gasteiger partial charge in [-0.05, 0) is 64.4 Å². The molecule has 1 aliphatic carbocycles. The molecule has 0 radical (unpaired) electrons. The van der Waals surface area contributed by atoms with Gasteiger partial charge in [-0.1, -0.05) is 31.2 Å². The number of hydrogen-bond acceptors (Lipinski definition) is 7. The number of esters is 1. The second-order valence-corrected chi connectivity index (χ2v) is 11.2. The van der Waals surface area contributed by atoms with E-state index >= 15 is 0 Å². The van der Waals surface area contributed by atoms with Gasteiger partial charge in [0.05, 0.1) is 24.3 Å². The lowest BCUT2D eigenvalue weighted by atomic mass is 9.71. The van der Waals surface area contributed by atoms with Gasteiger partial charge in [0.25, 0.3) is 0 Å². The highest BCUT2D eigenvalue weighted by Gasteiger charge is 2.42. The van der Waals surface area contributed by atoms with E-state index in [4.69, 9.17) is 14.2 Å². The van der Waals surface area contributed by atoms with Gasteiger partial charge in [0.1, 0.15) is 18.1 Å². The quantitative estimate of drug-likeness (QED) is 0.280. The summed E-state index contributed by atoms with van der Waals surface area (Å²) in [4.78, 5) is 27.2. The summed E-state index contributed by atoms with van der Waals surface area (Å²) in [6, 6.07) is 13.5. The van der Waals surface area contributed by atoms with Crippen LogP contribution in [0.5, 0.6) is 11.5 Å². The molecule has 8 heteroatoms. The van der Waals surface area contributed by atoms with Crippen molar-refractivity contribution in [2.45, 2.75) is 38.5 Å². The Labute approximate surface area is 231 Å². The highest BCUT2D eigenvalue weighted by Crippen LogP contribution is 2.47. The smallest absolute Gasteiger partial charge is 0.336 e. The molecule has 1 heterocycles. The SMILES string of the molecule is CCSCCOC(=O)C1=C(C)NC2=C(C(=O)CC(c3ccccc3OC)C2)C1c1ccc(OC)c(Br)c1. The van der Waals surface area contributed by atoms with E-state index in [1.165, 1.54) is 0 Å². The van der Waals surface area contributed by atoms with Gasteiger partial charge in [0.2, 0.25) is 0 Å². The van der Waals surface area contributed by atoms with E-state index in [0.717, 1.165) is 38.6 Å². The first kappa shape index (κ1) is 27.3. The number of rotatable bonds is 9. The molecule has 37 heavy (non-hydrogen) atoms. The van der Waals surface area contributed by atoms with Crippen LogP contribution in [-0.2, 0) is 14.3 Å². The summed E-state index contributed by atoms with van der Waals surface area (Å²) >= 11 is 5.29. The average Bonchev–Trinajstić information content (AvgIpc) is 2.90. The van der Waals surface area contributed by atoms with Gasteiger partial charge in [-0.2, -0.15) is 11.8 Å². The Kier molecular flexibility index (Phi) is 9.03. The Morgan fingerprint density at radius 1 is 1.11 bits per heavy atom. The molecule has 4 rings (SSSR count). The first-order valence-corrected chi connectivity index (χ1v) is 14.3. The van der Waals surface area contributed by atoms with Crippen LogP contribution in [0, 0.1) is 0 Å². The average molecular weight is 587 g/mol. The van der Waals surface area contributed by atoms with Crippen molar-refractivity contribution in [2.75, 3.05) is 32.3 Å². The van der Waals surface area contributed by atoms with E-state index in [-0.39, 0.29) is 11.7 Å². The summed E-state index contributed by atoms with van der Waals surface area (Å²) < 4.78 is 17.4. The molecule has 2 unspecified atom stereocenters. The van der Waals surface area contributed by atoms with Crippen molar-refractivity contribution in [3.05, 3.63) is 80.6 Å². The van der Waals surface area contributed by atoms with Crippen molar-refractivity contribution in [3.8, 4) is 11.5 Å².